The van der Waals surface area contributed by atoms with Crippen LogP contribution in [0.5, 0.6) is 0 Å². The highest BCUT2D eigenvalue weighted by atomic mass is 32.2. The Morgan fingerprint density at radius 3 is 2.30 bits per heavy atom. The van der Waals surface area contributed by atoms with Crippen LogP contribution in [-0.2, 0) is 11.8 Å². The third-order valence-corrected chi connectivity index (χ3v) is 5.85. The zero-order valence-corrected chi connectivity index (χ0v) is 19.3. The van der Waals surface area contributed by atoms with Crippen LogP contribution in [0.1, 0.15) is 30.7 Å². The van der Waals surface area contributed by atoms with Crippen molar-refractivity contribution in [1.29, 1.82) is 0 Å². The van der Waals surface area contributed by atoms with Crippen LogP contribution in [0.25, 0.3) is 22.6 Å². The summed E-state index contributed by atoms with van der Waals surface area (Å²) in [6.45, 7) is 7.00. The van der Waals surface area contributed by atoms with Gasteiger partial charge in [-0.3, -0.25) is 4.57 Å². The van der Waals surface area contributed by atoms with Crippen molar-refractivity contribution in [2.75, 3.05) is 12.9 Å². The molecular formula is C25H25F3N2O2S. The van der Waals surface area contributed by atoms with Gasteiger partial charge in [0.25, 0.3) is 0 Å². The Morgan fingerprint density at radius 1 is 1.12 bits per heavy atom. The van der Waals surface area contributed by atoms with Crippen LogP contribution in [0.3, 0.4) is 0 Å². The highest BCUT2D eigenvalue weighted by Gasteiger charge is 2.35. The van der Waals surface area contributed by atoms with Gasteiger partial charge in [-0.1, -0.05) is 36.9 Å². The van der Waals surface area contributed by atoms with Gasteiger partial charge in [0.05, 0.1) is 17.9 Å². The molecule has 0 unspecified atom stereocenters. The molecule has 1 heterocycles. The highest BCUT2D eigenvalue weighted by Crippen LogP contribution is 2.38. The van der Waals surface area contributed by atoms with Crippen LogP contribution in [0.15, 0.2) is 72.3 Å². The lowest BCUT2D eigenvalue weighted by atomic mass is 10.1. The van der Waals surface area contributed by atoms with Gasteiger partial charge in [-0.2, -0.15) is 13.2 Å². The SMILES string of the molecule is C=C(/C=C(/CO)SC)c1ccc(-n2cc(C(C)(C)O)nc2-c2ccccc2C(F)(F)F)cc1. The smallest absolute Gasteiger partial charge is 0.391 e. The van der Waals surface area contributed by atoms with E-state index in [1.807, 2.05) is 6.26 Å². The maximum absolute atomic E-state index is 13.7. The number of aliphatic hydroxyl groups excluding tert-OH is 1. The molecule has 1 aromatic heterocycles. The molecule has 0 saturated carbocycles. The number of halogens is 3. The molecule has 0 bridgehead atoms. The number of aliphatic hydroxyl groups is 2. The van der Waals surface area contributed by atoms with Crippen LogP contribution in [0.2, 0.25) is 0 Å². The van der Waals surface area contributed by atoms with Gasteiger partial charge in [-0.05, 0) is 55.5 Å². The van der Waals surface area contributed by atoms with Gasteiger partial charge in [0, 0.05) is 22.4 Å². The summed E-state index contributed by atoms with van der Waals surface area (Å²) in [7, 11) is 0. The van der Waals surface area contributed by atoms with Crippen molar-refractivity contribution in [3.63, 3.8) is 0 Å². The molecule has 0 saturated heterocycles. The van der Waals surface area contributed by atoms with E-state index in [9.17, 15) is 23.4 Å². The summed E-state index contributed by atoms with van der Waals surface area (Å²) >= 11 is 1.42. The number of thioether (sulfide) groups is 1. The molecule has 4 nitrogen and oxygen atoms in total. The quantitative estimate of drug-likeness (QED) is 0.410. The Morgan fingerprint density at radius 2 is 1.76 bits per heavy atom. The molecular weight excluding hydrogens is 449 g/mol. The molecule has 0 spiro atoms. The third-order valence-electron chi connectivity index (χ3n) is 5.08. The Balaban J connectivity index is 2.12. The molecule has 0 aliphatic rings. The second-order valence-electron chi connectivity index (χ2n) is 7.97. The first-order valence-electron chi connectivity index (χ1n) is 10.1. The van der Waals surface area contributed by atoms with Crippen molar-refractivity contribution < 1.29 is 23.4 Å². The predicted molar refractivity (Wildman–Crippen MR) is 127 cm³/mol. The van der Waals surface area contributed by atoms with E-state index in [0.717, 1.165) is 16.5 Å². The van der Waals surface area contributed by atoms with Crippen molar-refractivity contribution in [2.45, 2.75) is 25.6 Å². The van der Waals surface area contributed by atoms with Crippen molar-refractivity contribution >= 4 is 17.3 Å². The van der Waals surface area contributed by atoms with Gasteiger partial charge in [0.2, 0.25) is 0 Å². The fourth-order valence-electron chi connectivity index (χ4n) is 3.27. The molecule has 0 atom stereocenters. The Hall–Kier alpha value is -2.81. The van der Waals surface area contributed by atoms with E-state index < -0.39 is 17.3 Å². The number of benzene rings is 2. The number of rotatable bonds is 7. The molecule has 174 valence electrons. The van der Waals surface area contributed by atoms with Crippen molar-refractivity contribution in [2.24, 2.45) is 0 Å². The number of nitrogens with zero attached hydrogens (tertiary/aromatic N) is 2. The summed E-state index contributed by atoms with van der Waals surface area (Å²) in [5.74, 6) is 0.0801. The maximum Gasteiger partial charge on any atom is 0.417 e. The lowest BCUT2D eigenvalue weighted by Gasteiger charge is -2.14. The summed E-state index contributed by atoms with van der Waals surface area (Å²) in [6, 6.07) is 12.3. The molecule has 0 radical (unpaired) electrons. The standard InChI is InChI=1S/C25H25F3N2O2S/c1-16(13-19(15-31)33-4)17-9-11-18(12-10-17)30-14-22(24(2,3)32)29-23(30)20-7-5-6-8-21(20)25(26,27)28/h5-14,31-32H,1,15H2,2-4H3/b19-13-. The average molecular weight is 475 g/mol. The molecule has 0 aliphatic heterocycles. The minimum atomic E-state index is -4.56. The third kappa shape index (κ3) is 5.58. The number of hydrogen-bond donors (Lipinski definition) is 2. The number of alkyl halides is 3. The molecule has 0 aliphatic carbocycles. The molecule has 0 fully saturated rings. The van der Waals surface area contributed by atoms with Gasteiger partial charge in [0.15, 0.2) is 0 Å². The lowest BCUT2D eigenvalue weighted by molar-refractivity contribution is -0.137. The Bertz CT molecular complexity index is 1170. The zero-order valence-electron chi connectivity index (χ0n) is 18.5. The van der Waals surface area contributed by atoms with E-state index in [-0.39, 0.29) is 23.7 Å². The summed E-state index contributed by atoms with van der Waals surface area (Å²) in [4.78, 5) is 5.14. The average Bonchev–Trinajstić information content (AvgIpc) is 3.23. The van der Waals surface area contributed by atoms with Gasteiger partial charge in [-0.25, -0.2) is 4.98 Å². The Labute approximate surface area is 195 Å². The number of aromatic nitrogens is 2. The van der Waals surface area contributed by atoms with E-state index in [2.05, 4.69) is 11.6 Å². The molecule has 0 amide bonds. The molecule has 3 rings (SSSR count). The monoisotopic (exact) mass is 474 g/mol. The van der Waals surface area contributed by atoms with Crippen LogP contribution >= 0.6 is 11.8 Å². The molecule has 2 aromatic carbocycles. The summed E-state index contributed by atoms with van der Waals surface area (Å²) in [5.41, 5.74) is 0.109. The number of allylic oxidation sites excluding steroid dienone is 2. The van der Waals surface area contributed by atoms with Crippen molar-refractivity contribution in [3.8, 4) is 17.1 Å². The minimum absolute atomic E-state index is 0.0792. The van der Waals surface area contributed by atoms with Crippen LogP contribution < -0.4 is 0 Å². The van der Waals surface area contributed by atoms with Gasteiger partial charge in [0.1, 0.15) is 11.4 Å². The summed E-state index contributed by atoms with van der Waals surface area (Å²) in [5, 5.41) is 19.8. The van der Waals surface area contributed by atoms with Crippen LogP contribution in [0.4, 0.5) is 13.2 Å². The van der Waals surface area contributed by atoms with Gasteiger partial charge >= 0.3 is 6.18 Å². The topological polar surface area (TPSA) is 58.3 Å². The van der Waals surface area contributed by atoms with Gasteiger partial charge in [-0.15, -0.1) is 11.8 Å². The largest absolute Gasteiger partial charge is 0.417 e. The fraction of sp³-hybridized carbons (Fsp3) is 0.240. The van der Waals surface area contributed by atoms with Gasteiger partial charge < -0.3 is 10.2 Å². The second kappa shape index (κ2) is 9.59. The number of hydrogen-bond acceptors (Lipinski definition) is 4. The fourth-order valence-corrected chi connectivity index (χ4v) is 3.66. The second-order valence-corrected chi connectivity index (χ2v) is 8.90. The van der Waals surface area contributed by atoms with E-state index in [1.54, 1.807) is 41.1 Å². The highest BCUT2D eigenvalue weighted by molar-refractivity contribution is 8.02. The molecule has 2 N–H and O–H groups in total. The molecule has 8 heteroatoms. The predicted octanol–water partition coefficient (Wildman–Crippen LogP) is 6.04. The number of imidazole rings is 1. The zero-order chi connectivity index (χ0) is 24.4. The van der Waals surface area contributed by atoms with E-state index in [1.165, 1.54) is 43.8 Å². The Kier molecular flexibility index (Phi) is 7.21. The first kappa shape index (κ1) is 24.8. The van der Waals surface area contributed by atoms with Crippen LogP contribution in [0, 0.1) is 0 Å². The normalized spacial score (nSPS) is 12.8. The van der Waals surface area contributed by atoms with Crippen LogP contribution in [-0.4, -0.2) is 32.6 Å². The first-order chi connectivity index (χ1) is 15.5. The van der Waals surface area contributed by atoms with E-state index in [0.29, 0.717) is 11.3 Å². The molecule has 3 aromatic rings. The van der Waals surface area contributed by atoms with Crippen molar-refractivity contribution in [1.82, 2.24) is 9.55 Å². The summed E-state index contributed by atoms with van der Waals surface area (Å²) < 4.78 is 42.6. The van der Waals surface area contributed by atoms with Crippen molar-refractivity contribution in [3.05, 3.63) is 89.1 Å². The maximum atomic E-state index is 13.7. The molecule has 33 heavy (non-hydrogen) atoms. The summed E-state index contributed by atoms with van der Waals surface area (Å²) in [6.07, 6.45) is 0.633. The van der Waals surface area contributed by atoms with E-state index in [4.69, 9.17) is 0 Å². The lowest BCUT2D eigenvalue weighted by Crippen LogP contribution is -2.15. The van der Waals surface area contributed by atoms with E-state index >= 15 is 0 Å². The minimum Gasteiger partial charge on any atom is -0.391 e. The first-order valence-corrected chi connectivity index (χ1v) is 11.3.